The van der Waals surface area contributed by atoms with E-state index in [0.29, 0.717) is 26.4 Å². The molecule has 4 aromatic carbocycles. The summed E-state index contributed by atoms with van der Waals surface area (Å²) in [6.07, 6.45) is 0. The quantitative estimate of drug-likeness (QED) is 0.397. The van der Waals surface area contributed by atoms with Gasteiger partial charge in [-0.2, -0.15) is 0 Å². The zero-order chi connectivity index (χ0) is 22.9. The Morgan fingerprint density at radius 2 is 1.03 bits per heavy atom. The number of hydrogen-bond donors (Lipinski definition) is 0. The third kappa shape index (κ3) is 3.69. The third-order valence-electron chi connectivity index (χ3n) is 6.12. The highest BCUT2D eigenvalue weighted by Gasteiger charge is 2.31. The van der Waals surface area contributed by atoms with Gasteiger partial charge in [0.15, 0.2) is 23.0 Å². The molecule has 0 N–H and O–H groups in total. The first kappa shape index (κ1) is 21.1. The average molecular weight is 468 g/mol. The predicted octanol–water partition coefficient (Wildman–Crippen LogP) is 4.96. The molecule has 0 spiro atoms. The lowest BCUT2D eigenvalue weighted by Crippen LogP contribution is -2.25. The first-order chi connectivity index (χ1) is 16.8. The topological polar surface area (TPSA) is 36.9 Å². The van der Waals surface area contributed by atoms with Crippen molar-refractivity contribution in [2.75, 3.05) is 26.4 Å². The van der Waals surface area contributed by atoms with Crippen LogP contribution in [-0.2, 0) is 0 Å². The van der Waals surface area contributed by atoms with E-state index in [1.807, 2.05) is 6.07 Å². The molecule has 0 fully saturated rings. The van der Waals surface area contributed by atoms with Crippen molar-refractivity contribution in [1.29, 1.82) is 0 Å². The molecule has 0 aliphatic carbocycles. The van der Waals surface area contributed by atoms with Gasteiger partial charge < -0.3 is 18.9 Å². The van der Waals surface area contributed by atoms with Crippen molar-refractivity contribution in [3.05, 3.63) is 90.5 Å². The zero-order valence-electron chi connectivity index (χ0n) is 19.0. The molecule has 0 unspecified atom stereocenters. The van der Waals surface area contributed by atoms with Crippen LogP contribution in [0.5, 0.6) is 23.0 Å². The van der Waals surface area contributed by atoms with Crippen LogP contribution in [0, 0.1) is 6.92 Å². The van der Waals surface area contributed by atoms with E-state index in [1.54, 1.807) is 0 Å². The van der Waals surface area contributed by atoms with Gasteiger partial charge in [-0.15, -0.1) is 0 Å². The molecule has 0 saturated carbocycles. The van der Waals surface area contributed by atoms with Gasteiger partial charge in [0.25, 0.3) is 0 Å². The van der Waals surface area contributed by atoms with E-state index in [-0.39, 0.29) is 0 Å². The van der Waals surface area contributed by atoms with E-state index < -0.39 is 7.92 Å². The molecule has 5 heteroatoms. The van der Waals surface area contributed by atoms with Gasteiger partial charge >= 0.3 is 0 Å². The molecule has 34 heavy (non-hydrogen) atoms. The standard InChI is InChI=1S/C29H25O4P/c1-20-12-13-23-28(32-18-16-30-23)26(20)27-25(15-14-24-29(27)33-19-17-31-24)34(21-8-4-2-5-9-21)22-10-6-3-7-11-22/h2-15H,16-19H2,1H3. The summed E-state index contributed by atoms with van der Waals surface area (Å²) in [6, 6.07) is 29.8. The summed E-state index contributed by atoms with van der Waals surface area (Å²) in [6.45, 7) is 4.26. The Hall–Kier alpha value is -3.49. The van der Waals surface area contributed by atoms with Crippen molar-refractivity contribution in [2.24, 2.45) is 0 Å². The van der Waals surface area contributed by atoms with E-state index in [0.717, 1.165) is 39.7 Å². The smallest absolute Gasteiger partial charge is 0.169 e. The normalized spacial score (nSPS) is 14.2. The van der Waals surface area contributed by atoms with Crippen molar-refractivity contribution in [3.8, 4) is 34.1 Å². The number of benzene rings is 4. The fourth-order valence-corrected chi connectivity index (χ4v) is 7.10. The van der Waals surface area contributed by atoms with E-state index >= 15 is 0 Å². The fourth-order valence-electron chi connectivity index (χ4n) is 4.64. The molecule has 2 aliphatic rings. The van der Waals surface area contributed by atoms with Crippen molar-refractivity contribution in [3.63, 3.8) is 0 Å². The van der Waals surface area contributed by atoms with Gasteiger partial charge in [-0.3, -0.25) is 0 Å². The zero-order valence-corrected chi connectivity index (χ0v) is 19.9. The summed E-state index contributed by atoms with van der Waals surface area (Å²) in [5, 5.41) is 3.77. The Morgan fingerprint density at radius 1 is 0.529 bits per heavy atom. The molecule has 4 aromatic rings. The second kappa shape index (κ2) is 9.04. The molecule has 0 amide bonds. The highest BCUT2D eigenvalue weighted by molar-refractivity contribution is 7.80. The van der Waals surface area contributed by atoms with E-state index in [4.69, 9.17) is 18.9 Å². The minimum Gasteiger partial charge on any atom is -0.486 e. The molecule has 2 aliphatic heterocycles. The lowest BCUT2D eigenvalue weighted by molar-refractivity contribution is 0.169. The minimum atomic E-state index is -0.863. The van der Waals surface area contributed by atoms with Gasteiger partial charge in [0.05, 0.1) is 0 Å². The highest BCUT2D eigenvalue weighted by Crippen LogP contribution is 2.51. The summed E-state index contributed by atoms with van der Waals surface area (Å²) in [5.41, 5.74) is 3.17. The Labute approximate surface area is 200 Å². The van der Waals surface area contributed by atoms with Crippen molar-refractivity contribution in [1.82, 2.24) is 0 Å². The summed E-state index contributed by atoms with van der Waals surface area (Å²) < 4.78 is 24.5. The molecule has 4 nitrogen and oxygen atoms in total. The molecule has 6 rings (SSSR count). The van der Waals surface area contributed by atoms with Gasteiger partial charge in [-0.25, -0.2) is 0 Å². The van der Waals surface area contributed by atoms with E-state index in [2.05, 4.69) is 85.8 Å². The van der Waals surface area contributed by atoms with Crippen LogP contribution in [0.25, 0.3) is 11.1 Å². The van der Waals surface area contributed by atoms with Gasteiger partial charge in [0.2, 0.25) is 0 Å². The number of aryl methyl sites for hydroxylation is 1. The largest absolute Gasteiger partial charge is 0.486 e. The Balaban J connectivity index is 1.68. The van der Waals surface area contributed by atoms with Crippen LogP contribution in [0.4, 0.5) is 0 Å². The van der Waals surface area contributed by atoms with Gasteiger partial charge in [-0.05, 0) is 54.5 Å². The molecule has 2 heterocycles. The number of ether oxygens (including phenoxy) is 4. The number of fused-ring (bicyclic) bond motifs is 2. The monoisotopic (exact) mass is 468 g/mol. The summed E-state index contributed by atoms with van der Waals surface area (Å²) >= 11 is 0. The highest BCUT2D eigenvalue weighted by atomic mass is 31.1. The van der Waals surface area contributed by atoms with Crippen LogP contribution in [0.3, 0.4) is 0 Å². The van der Waals surface area contributed by atoms with Gasteiger partial charge in [0, 0.05) is 11.1 Å². The second-order valence-corrected chi connectivity index (χ2v) is 10.5. The van der Waals surface area contributed by atoms with Crippen molar-refractivity contribution >= 4 is 23.8 Å². The average Bonchev–Trinajstić information content (AvgIpc) is 2.90. The predicted molar refractivity (Wildman–Crippen MR) is 137 cm³/mol. The maximum atomic E-state index is 6.31. The van der Waals surface area contributed by atoms with Crippen LogP contribution >= 0.6 is 7.92 Å². The number of hydrogen-bond acceptors (Lipinski definition) is 4. The van der Waals surface area contributed by atoms with Crippen molar-refractivity contribution < 1.29 is 18.9 Å². The molecule has 0 atom stereocenters. The molecule has 0 radical (unpaired) electrons. The Morgan fingerprint density at radius 3 is 1.62 bits per heavy atom. The van der Waals surface area contributed by atoms with Crippen LogP contribution in [0.15, 0.2) is 84.9 Å². The van der Waals surface area contributed by atoms with Crippen LogP contribution < -0.4 is 34.9 Å². The minimum absolute atomic E-state index is 0.517. The lowest BCUT2D eigenvalue weighted by atomic mass is 9.97. The molecule has 0 aromatic heterocycles. The van der Waals surface area contributed by atoms with Crippen molar-refractivity contribution in [2.45, 2.75) is 6.92 Å². The summed E-state index contributed by atoms with van der Waals surface area (Å²) in [7, 11) is -0.863. The molecule has 0 bridgehead atoms. The Kier molecular flexibility index (Phi) is 5.60. The van der Waals surface area contributed by atoms with Gasteiger partial charge in [-0.1, -0.05) is 66.7 Å². The summed E-state index contributed by atoms with van der Waals surface area (Å²) in [4.78, 5) is 0. The van der Waals surface area contributed by atoms with Crippen LogP contribution in [0.2, 0.25) is 0 Å². The number of rotatable bonds is 4. The summed E-state index contributed by atoms with van der Waals surface area (Å²) in [5.74, 6) is 3.12. The molecular weight excluding hydrogens is 443 g/mol. The van der Waals surface area contributed by atoms with Crippen LogP contribution in [0.1, 0.15) is 5.56 Å². The first-order valence-electron chi connectivity index (χ1n) is 11.5. The Bertz CT molecular complexity index is 1280. The van der Waals surface area contributed by atoms with E-state index in [9.17, 15) is 0 Å². The maximum Gasteiger partial charge on any atom is 0.169 e. The second-order valence-electron chi connectivity index (χ2n) is 8.27. The third-order valence-corrected chi connectivity index (χ3v) is 8.61. The SMILES string of the molecule is Cc1ccc2c(c1-c1c(P(c3ccccc3)c3ccccc3)ccc3c1OCCO3)OCCO2. The first-order valence-corrected chi connectivity index (χ1v) is 12.9. The van der Waals surface area contributed by atoms with Crippen LogP contribution in [-0.4, -0.2) is 26.4 Å². The molecule has 0 saturated heterocycles. The fraction of sp³-hybridized carbons (Fsp3) is 0.172. The van der Waals surface area contributed by atoms with Gasteiger partial charge in [0.1, 0.15) is 26.4 Å². The maximum absolute atomic E-state index is 6.31. The van der Waals surface area contributed by atoms with E-state index in [1.165, 1.54) is 15.9 Å². The lowest BCUT2D eigenvalue weighted by Gasteiger charge is -2.30. The molecular formula is C29H25O4P. The molecule has 170 valence electrons.